The van der Waals surface area contributed by atoms with Gasteiger partial charge in [-0.2, -0.15) is 0 Å². The molecule has 0 rings (SSSR count). The summed E-state index contributed by atoms with van der Waals surface area (Å²) < 4.78 is 0. The van der Waals surface area contributed by atoms with Crippen LogP contribution in [0.2, 0.25) is 0 Å². The van der Waals surface area contributed by atoms with Crippen molar-refractivity contribution in [3.8, 4) is 0 Å². The molecule has 1 unspecified atom stereocenters. The Morgan fingerprint density at radius 1 is 1.45 bits per heavy atom. The quantitative estimate of drug-likeness (QED) is 0.556. The molecule has 0 aromatic heterocycles. The highest BCUT2D eigenvalue weighted by Crippen LogP contribution is 2.09. The highest BCUT2D eigenvalue weighted by atomic mass is 16.1. The molecule has 64 valence electrons. The third-order valence-electron chi connectivity index (χ3n) is 1.96. The van der Waals surface area contributed by atoms with E-state index in [0.29, 0.717) is 12.2 Å². The van der Waals surface area contributed by atoms with Gasteiger partial charge in [-0.15, -0.1) is 6.58 Å². The van der Waals surface area contributed by atoms with Crippen LogP contribution in [0, 0.1) is 5.92 Å². The van der Waals surface area contributed by atoms with Crippen molar-refractivity contribution in [2.75, 3.05) is 0 Å². The zero-order chi connectivity index (χ0) is 8.85. The summed E-state index contributed by atoms with van der Waals surface area (Å²) in [5.41, 5.74) is 1.10. The molecular weight excluding hydrogens is 136 g/mol. The van der Waals surface area contributed by atoms with Gasteiger partial charge in [0.05, 0.1) is 0 Å². The third-order valence-corrected chi connectivity index (χ3v) is 1.96. The number of Topliss-reactive ketones (excluding diaryl/α,β-unsaturated/α-hetero) is 1. The molecule has 0 saturated heterocycles. The lowest BCUT2D eigenvalue weighted by molar-refractivity contribution is -0.122. The van der Waals surface area contributed by atoms with E-state index in [1.165, 1.54) is 0 Å². The molecule has 11 heavy (non-hydrogen) atoms. The highest BCUT2D eigenvalue weighted by Gasteiger charge is 2.09. The van der Waals surface area contributed by atoms with Crippen LogP contribution < -0.4 is 0 Å². The van der Waals surface area contributed by atoms with E-state index >= 15 is 0 Å². The molecule has 0 fully saturated rings. The number of ketones is 1. The van der Waals surface area contributed by atoms with Gasteiger partial charge >= 0.3 is 0 Å². The van der Waals surface area contributed by atoms with Crippen molar-refractivity contribution in [2.24, 2.45) is 5.92 Å². The summed E-state index contributed by atoms with van der Waals surface area (Å²) in [7, 11) is 0. The second kappa shape index (κ2) is 5.11. The van der Waals surface area contributed by atoms with Gasteiger partial charge in [0.15, 0.2) is 0 Å². The topological polar surface area (TPSA) is 17.1 Å². The molecule has 0 aliphatic rings. The summed E-state index contributed by atoms with van der Waals surface area (Å²) >= 11 is 0. The Hall–Kier alpha value is -0.590. The summed E-state index contributed by atoms with van der Waals surface area (Å²) in [5.74, 6) is 0.602. The van der Waals surface area contributed by atoms with Crippen LogP contribution in [0.3, 0.4) is 0 Å². The van der Waals surface area contributed by atoms with E-state index in [-0.39, 0.29) is 5.92 Å². The first-order chi connectivity index (χ1) is 5.07. The summed E-state index contributed by atoms with van der Waals surface area (Å²) in [4.78, 5) is 11.2. The molecule has 0 saturated carbocycles. The van der Waals surface area contributed by atoms with Gasteiger partial charge in [0, 0.05) is 12.3 Å². The normalized spacial score (nSPS) is 12.6. The third kappa shape index (κ3) is 4.77. The maximum Gasteiger partial charge on any atom is 0.136 e. The molecule has 0 bridgehead atoms. The lowest BCUT2D eigenvalue weighted by atomic mass is 9.98. The predicted octanol–water partition coefficient (Wildman–Crippen LogP) is 2.96. The number of hydrogen-bond acceptors (Lipinski definition) is 1. The number of carbonyl (C=O) groups is 1. The van der Waals surface area contributed by atoms with Gasteiger partial charge in [-0.25, -0.2) is 0 Å². The van der Waals surface area contributed by atoms with Gasteiger partial charge < -0.3 is 0 Å². The first kappa shape index (κ1) is 10.4. The molecule has 0 amide bonds. The number of hydrogen-bond donors (Lipinski definition) is 0. The van der Waals surface area contributed by atoms with Crippen molar-refractivity contribution in [2.45, 2.75) is 40.0 Å². The fourth-order valence-electron chi connectivity index (χ4n) is 0.811. The molecule has 0 N–H and O–H groups in total. The largest absolute Gasteiger partial charge is 0.299 e. The van der Waals surface area contributed by atoms with Crippen LogP contribution in [0.15, 0.2) is 12.2 Å². The van der Waals surface area contributed by atoms with Crippen LogP contribution in [0.5, 0.6) is 0 Å². The minimum absolute atomic E-state index is 0.231. The predicted molar refractivity (Wildman–Crippen MR) is 48.5 cm³/mol. The van der Waals surface area contributed by atoms with Gasteiger partial charge in [0.1, 0.15) is 5.78 Å². The van der Waals surface area contributed by atoms with Crippen molar-refractivity contribution in [1.82, 2.24) is 0 Å². The Labute approximate surface area is 69.5 Å². The molecule has 0 aliphatic heterocycles. The van der Waals surface area contributed by atoms with Crippen molar-refractivity contribution in [1.29, 1.82) is 0 Å². The molecule has 0 spiro atoms. The van der Waals surface area contributed by atoms with Crippen molar-refractivity contribution >= 4 is 5.78 Å². The Kier molecular flexibility index (Phi) is 4.84. The average Bonchev–Trinajstić information content (AvgIpc) is 1.98. The minimum atomic E-state index is 0.231. The summed E-state index contributed by atoms with van der Waals surface area (Å²) in [6.45, 7) is 9.75. The van der Waals surface area contributed by atoms with Crippen molar-refractivity contribution < 1.29 is 4.79 Å². The summed E-state index contributed by atoms with van der Waals surface area (Å²) in [6, 6.07) is 0. The Balaban J connectivity index is 3.60. The van der Waals surface area contributed by atoms with Crippen molar-refractivity contribution in [3.63, 3.8) is 0 Å². The second-order valence-electron chi connectivity index (χ2n) is 3.23. The van der Waals surface area contributed by atoms with Crippen LogP contribution in [-0.4, -0.2) is 5.78 Å². The Bertz CT molecular complexity index is 147. The molecule has 0 radical (unpaired) electrons. The van der Waals surface area contributed by atoms with Gasteiger partial charge in [0.25, 0.3) is 0 Å². The number of rotatable bonds is 5. The van der Waals surface area contributed by atoms with E-state index in [1.54, 1.807) is 0 Å². The van der Waals surface area contributed by atoms with Gasteiger partial charge in [0.2, 0.25) is 0 Å². The molecule has 1 nitrogen and oxygen atoms in total. The summed E-state index contributed by atoms with van der Waals surface area (Å²) in [5, 5.41) is 0. The molecular formula is C10H18O. The molecule has 1 heteroatoms. The lowest BCUT2D eigenvalue weighted by Crippen LogP contribution is -2.09. The number of carbonyl (C=O) groups excluding carboxylic acids is 1. The average molecular weight is 154 g/mol. The smallest absolute Gasteiger partial charge is 0.136 e. The fraction of sp³-hybridized carbons (Fsp3) is 0.700. The van der Waals surface area contributed by atoms with E-state index in [9.17, 15) is 4.79 Å². The first-order valence-corrected chi connectivity index (χ1v) is 4.25. The molecule has 0 aromatic carbocycles. The molecule has 0 aromatic rings. The van der Waals surface area contributed by atoms with Gasteiger partial charge in [-0.3, -0.25) is 4.79 Å². The number of allylic oxidation sites excluding steroid dienone is 1. The summed E-state index contributed by atoms with van der Waals surface area (Å²) in [6.07, 6.45) is 2.47. The highest BCUT2D eigenvalue weighted by molar-refractivity contribution is 5.80. The monoisotopic (exact) mass is 154 g/mol. The van der Waals surface area contributed by atoms with Crippen LogP contribution in [0.1, 0.15) is 40.0 Å². The van der Waals surface area contributed by atoms with E-state index in [0.717, 1.165) is 18.4 Å². The maximum atomic E-state index is 11.2. The maximum absolute atomic E-state index is 11.2. The fourth-order valence-corrected chi connectivity index (χ4v) is 0.811. The van der Waals surface area contributed by atoms with Gasteiger partial charge in [-0.1, -0.05) is 19.4 Å². The van der Waals surface area contributed by atoms with Crippen LogP contribution in [-0.2, 0) is 4.79 Å². The minimum Gasteiger partial charge on any atom is -0.299 e. The SMILES string of the molecule is C=C(C)CCC(=O)C(C)CC. The second-order valence-corrected chi connectivity index (χ2v) is 3.23. The van der Waals surface area contributed by atoms with Crippen molar-refractivity contribution in [3.05, 3.63) is 12.2 Å². The first-order valence-electron chi connectivity index (χ1n) is 4.25. The lowest BCUT2D eigenvalue weighted by Gasteiger charge is -2.06. The Morgan fingerprint density at radius 2 is 2.00 bits per heavy atom. The van der Waals surface area contributed by atoms with Crippen LogP contribution in [0.4, 0.5) is 0 Å². The molecule has 0 heterocycles. The zero-order valence-corrected chi connectivity index (χ0v) is 7.81. The van der Waals surface area contributed by atoms with Crippen LogP contribution >= 0.6 is 0 Å². The molecule has 0 aliphatic carbocycles. The van der Waals surface area contributed by atoms with Crippen LogP contribution in [0.25, 0.3) is 0 Å². The van der Waals surface area contributed by atoms with Gasteiger partial charge in [-0.05, 0) is 19.8 Å². The van der Waals surface area contributed by atoms with E-state index < -0.39 is 0 Å². The zero-order valence-electron chi connectivity index (χ0n) is 7.81. The van der Waals surface area contributed by atoms with E-state index in [4.69, 9.17) is 0 Å². The standard InChI is InChI=1S/C10H18O/c1-5-9(4)10(11)7-6-8(2)3/h9H,2,5-7H2,1,3-4H3. The van der Waals surface area contributed by atoms with E-state index in [1.807, 2.05) is 20.8 Å². The molecule has 1 atom stereocenters. The Morgan fingerprint density at radius 3 is 2.36 bits per heavy atom. The van der Waals surface area contributed by atoms with E-state index in [2.05, 4.69) is 6.58 Å².